The molecular weight excluding hydrogens is 282 g/mol. The number of aliphatic hydroxyl groups is 1. The standard InChI is InChI=1S/C16H15N3O3/c20-10-15-16(11-22-14-4-2-1-3-5-14)19(18-17-15)12-6-8-13(21)9-7-12/h1-9,20-21H,10-11H2. The van der Waals surface area contributed by atoms with E-state index in [4.69, 9.17) is 4.74 Å². The van der Waals surface area contributed by atoms with Gasteiger partial charge in [0.05, 0.1) is 12.3 Å². The molecular formula is C16H15N3O3. The summed E-state index contributed by atoms with van der Waals surface area (Å²) in [6.45, 7) is 0.0132. The SMILES string of the molecule is OCc1nnn(-c2ccc(O)cc2)c1COc1ccccc1. The number of rotatable bonds is 5. The van der Waals surface area contributed by atoms with Gasteiger partial charge >= 0.3 is 0 Å². The summed E-state index contributed by atoms with van der Waals surface area (Å²) >= 11 is 0. The first kappa shape index (κ1) is 14.1. The quantitative estimate of drug-likeness (QED) is 0.753. The zero-order valence-electron chi connectivity index (χ0n) is 11.8. The van der Waals surface area contributed by atoms with Gasteiger partial charge in [0.2, 0.25) is 0 Å². The second-order valence-corrected chi connectivity index (χ2v) is 4.67. The highest BCUT2D eigenvalue weighted by atomic mass is 16.5. The van der Waals surface area contributed by atoms with Crippen LogP contribution >= 0.6 is 0 Å². The molecule has 2 aromatic carbocycles. The number of benzene rings is 2. The average Bonchev–Trinajstić information content (AvgIpc) is 2.97. The van der Waals surface area contributed by atoms with Crippen molar-refractivity contribution in [1.82, 2.24) is 15.0 Å². The molecule has 0 atom stereocenters. The Morgan fingerprint density at radius 1 is 1.00 bits per heavy atom. The Morgan fingerprint density at radius 3 is 2.41 bits per heavy atom. The van der Waals surface area contributed by atoms with Crippen molar-refractivity contribution in [2.45, 2.75) is 13.2 Å². The van der Waals surface area contributed by atoms with Crippen LogP contribution in [0.25, 0.3) is 5.69 Å². The predicted molar refractivity (Wildman–Crippen MR) is 79.7 cm³/mol. The van der Waals surface area contributed by atoms with E-state index in [9.17, 15) is 10.2 Å². The molecule has 112 valence electrons. The number of hydrogen-bond acceptors (Lipinski definition) is 5. The summed E-state index contributed by atoms with van der Waals surface area (Å²) in [4.78, 5) is 0. The first-order chi connectivity index (χ1) is 10.8. The molecule has 0 saturated carbocycles. The van der Waals surface area contributed by atoms with Gasteiger partial charge in [-0.3, -0.25) is 0 Å². The Labute approximate surface area is 127 Å². The summed E-state index contributed by atoms with van der Waals surface area (Å²) in [5.74, 6) is 0.901. The van der Waals surface area contributed by atoms with Crippen LogP contribution in [0.1, 0.15) is 11.4 Å². The summed E-state index contributed by atoms with van der Waals surface area (Å²) in [5, 5.41) is 26.8. The third-order valence-electron chi connectivity index (χ3n) is 3.21. The number of nitrogens with zero attached hydrogens (tertiary/aromatic N) is 3. The molecule has 0 amide bonds. The second-order valence-electron chi connectivity index (χ2n) is 4.67. The first-order valence-electron chi connectivity index (χ1n) is 6.79. The maximum Gasteiger partial charge on any atom is 0.132 e. The van der Waals surface area contributed by atoms with E-state index in [1.165, 1.54) is 0 Å². The zero-order chi connectivity index (χ0) is 15.4. The number of phenols is 1. The molecule has 0 aliphatic carbocycles. The van der Waals surface area contributed by atoms with Crippen molar-refractivity contribution in [3.8, 4) is 17.2 Å². The molecule has 1 heterocycles. The van der Waals surface area contributed by atoms with E-state index in [2.05, 4.69) is 10.3 Å². The fourth-order valence-electron chi connectivity index (χ4n) is 2.07. The van der Waals surface area contributed by atoms with Gasteiger partial charge in [0.15, 0.2) is 0 Å². The average molecular weight is 297 g/mol. The molecule has 0 aliphatic rings. The summed E-state index contributed by atoms with van der Waals surface area (Å²) in [6.07, 6.45) is 0. The normalized spacial score (nSPS) is 10.6. The molecule has 3 rings (SSSR count). The lowest BCUT2D eigenvalue weighted by atomic mass is 10.2. The molecule has 22 heavy (non-hydrogen) atoms. The lowest BCUT2D eigenvalue weighted by Crippen LogP contribution is -2.07. The van der Waals surface area contributed by atoms with Crippen molar-refractivity contribution in [2.24, 2.45) is 0 Å². The van der Waals surface area contributed by atoms with Gasteiger partial charge in [-0.2, -0.15) is 0 Å². The highest BCUT2D eigenvalue weighted by Crippen LogP contribution is 2.18. The van der Waals surface area contributed by atoms with E-state index in [1.54, 1.807) is 28.9 Å². The Bertz CT molecular complexity index is 739. The molecule has 0 radical (unpaired) electrons. The number of aromatic nitrogens is 3. The largest absolute Gasteiger partial charge is 0.508 e. The molecule has 0 spiro atoms. The van der Waals surface area contributed by atoms with E-state index in [-0.39, 0.29) is 19.0 Å². The van der Waals surface area contributed by atoms with Crippen molar-refractivity contribution in [3.05, 3.63) is 66.0 Å². The molecule has 3 aromatic rings. The Kier molecular flexibility index (Phi) is 4.02. The monoisotopic (exact) mass is 297 g/mol. The number of para-hydroxylation sites is 1. The topological polar surface area (TPSA) is 80.4 Å². The number of hydrogen-bond donors (Lipinski definition) is 2. The summed E-state index contributed by atoms with van der Waals surface area (Å²) < 4.78 is 7.31. The number of aliphatic hydroxyl groups excluding tert-OH is 1. The van der Waals surface area contributed by atoms with Crippen molar-refractivity contribution in [3.63, 3.8) is 0 Å². The van der Waals surface area contributed by atoms with Gasteiger partial charge in [-0.15, -0.1) is 5.10 Å². The molecule has 1 aromatic heterocycles. The van der Waals surface area contributed by atoms with Gasteiger partial charge in [-0.05, 0) is 36.4 Å². The molecule has 0 saturated heterocycles. The molecule has 6 nitrogen and oxygen atoms in total. The number of ether oxygens (including phenoxy) is 1. The van der Waals surface area contributed by atoms with Crippen LogP contribution < -0.4 is 4.74 Å². The summed E-state index contributed by atoms with van der Waals surface area (Å²) in [6, 6.07) is 16.0. The highest BCUT2D eigenvalue weighted by Gasteiger charge is 2.14. The number of aromatic hydroxyl groups is 1. The van der Waals surface area contributed by atoms with Crippen LogP contribution in [-0.4, -0.2) is 25.2 Å². The fraction of sp³-hybridized carbons (Fsp3) is 0.125. The minimum absolute atomic E-state index is 0.174. The van der Waals surface area contributed by atoms with E-state index >= 15 is 0 Å². The highest BCUT2D eigenvalue weighted by molar-refractivity contribution is 5.37. The van der Waals surface area contributed by atoms with Gasteiger partial charge in [0.25, 0.3) is 0 Å². The van der Waals surface area contributed by atoms with Gasteiger partial charge < -0.3 is 14.9 Å². The lowest BCUT2D eigenvalue weighted by molar-refractivity contribution is 0.263. The van der Waals surface area contributed by atoms with Crippen LogP contribution in [0.15, 0.2) is 54.6 Å². The molecule has 0 unspecified atom stereocenters. The summed E-state index contributed by atoms with van der Waals surface area (Å²) in [7, 11) is 0. The molecule has 2 N–H and O–H groups in total. The third kappa shape index (κ3) is 2.91. The molecule has 6 heteroatoms. The molecule has 0 bridgehead atoms. The van der Waals surface area contributed by atoms with Gasteiger partial charge in [-0.25, -0.2) is 4.68 Å². The van der Waals surface area contributed by atoms with Crippen LogP contribution in [0.2, 0.25) is 0 Å². The van der Waals surface area contributed by atoms with Crippen molar-refractivity contribution in [1.29, 1.82) is 0 Å². The summed E-state index contributed by atoms with van der Waals surface area (Å²) in [5.41, 5.74) is 1.86. The van der Waals surface area contributed by atoms with Gasteiger partial charge in [-0.1, -0.05) is 23.4 Å². The van der Waals surface area contributed by atoms with Crippen LogP contribution in [0.4, 0.5) is 0 Å². The molecule has 0 aliphatic heterocycles. The van der Waals surface area contributed by atoms with Crippen LogP contribution in [-0.2, 0) is 13.2 Å². The first-order valence-corrected chi connectivity index (χ1v) is 6.79. The Morgan fingerprint density at radius 2 is 1.73 bits per heavy atom. The number of phenolic OH excluding ortho intramolecular Hbond substituents is 1. The molecule has 0 fully saturated rings. The van der Waals surface area contributed by atoms with Gasteiger partial charge in [0.1, 0.15) is 29.5 Å². The fourth-order valence-corrected chi connectivity index (χ4v) is 2.07. The maximum atomic E-state index is 9.41. The van der Waals surface area contributed by atoms with Crippen molar-refractivity contribution < 1.29 is 14.9 Å². The predicted octanol–water partition coefficient (Wildman–Crippen LogP) is 2.04. The van der Waals surface area contributed by atoms with E-state index in [1.807, 2.05) is 30.3 Å². The van der Waals surface area contributed by atoms with E-state index < -0.39 is 0 Å². The minimum atomic E-state index is -0.217. The van der Waals surface area contributed by atoms with Crippen molar-refractivity contribution in [2.75, 3.05) is 0 Å². The van der Waals surface area contributed by atoms with Crippen LogP contribution in [0, 0.1) is 0 Å². The van der Waals surface area contributed by atoms with E-state index in [0.29, 0.717) is 11.4 Å². The third-order valence-corrected chi connectivity index (χ3v) is 3.21. The Hall–Kier alpha value is -2.86. The lowest BCUT2D eigenvalue weighted by Gasteiger charge is -2.09. The second kappa shape index (κ2) is 6.28. The van der Waals surface area contributed by atoms with Gasteiger partial charge in [0, 0.05) is 0 Å². The van der Waals surface area contributed by atoms with Crippen molar-refractivity contribution >= 4 is 0 Å². The van der Waals surface area contributed by atoms with Crippen LogP contribution in [0.3, 0.4) is 0 Å². The minimum Gasteiger partial charge on any atom is -0.508 e. The van der Waals surface area contributed by atoms with Crippen LogP contribution in [0.5, 0.6) is 11.5 Å². The smallest absolute Gasteiger partial charge is 0.132 e. The maximum absolute atomic E-state index is 9.41. The Balaban J connectivity index is 1.88. The van der Waals surface area contributed by atoms with E-state index in [0.717, 1.165) is 11.4 Å². The zero-order valence-corrected chi connectivity index (χ0v) is 11.8.